The molecule has 2 aromatic carbocycles. The number of aliphatic hydroxyl groups is 1. The van der Waals surface area contributed by atoms with E-state index in [0.717, 1.165) is 29.2 Å². The van der Waals surface area contributed by atoms with Crippen molar-refractivity contribution in [3.05, 3.63) is 78.1 Å². The molecule has 0 bridgehead atoms. The smallest absolute Gasteiger partial charge is 0.155 e. The van der Waals surface area contributed by atoms with E-state index in [9.17, 15) is 0 Å². The highest BCUT2D eigenvalue weighted by atomic mass is 16.3. The van der Waals surface area contributed by atoms with Crippen molar-refractivity contribution in [2.45, 2.75) is 13.2 Å². The minimum Gasteiger partial charge on any atom is -0.392 e. The fourth-order valence-electron chi connectivity index (χ4n) is 2.51. The molecule has 116 valence electrons. The van der Waals surface area contributed by atoms with Crippen LogP contribution in [0.25, 0.3) is 11.3 Å². The Kier molecular flexibility index (Phi) is 4.64. The topological polar surface area (TPSA) is 49.2 Å². The maximum Gasteiger partial charge on any atom is 0.155 e. The minimum absolute atomic E-state index is 0.0432. The maximum atomic E-state index is 9.17. The number of aliphatic hydroxyl groups excluding tert-OH is 1. The van der Waals surface area contributed by atoms with Gasteiger partial charge in [-0.1, -0.05) is 54.6 Å². The van der Waals surface area contributed by atoms with Gasteiger partial charge in [0.15, 0.2) is 5.82 Å². The van der Waals surface area contributed by atoms with E-state index < -0.39 is 0 Å². The third kappa shape index (κ3) is 3.55. The summed E-state index contributed by atoms with van der Waals surface area (Å²) in [5.41, 5.74) is 3.94. The van der Waals surface area contributed by atoms with Crippen LogP contribution in [0.5, 0.6) is 0 Å². The molecule has 0 radical (unpaired) electrons. The van der Waals surface area contributed by atoms with Crippen molar-refractivity contribution < 1.29 is 5.11 Å². The Labute approximate surface area is 136 Å². The van der Waals surface area contributed by atoms with E-state index in [2.05, 4.69) is 27.0 Å². The zero-order valence-electron chi connectivity index (χ0n) is 13.1. The van der Waals surface area contributed by atoms with Crippen LogP contribution in [0.3, 0.4) is 0 Å². The summed E-state index contributed by atoms with van der Waals surface area (Å²) in [7, 11) is 2.02. The van der Waals surface area contributed by atoms with Crippen LogP contribution >= 0.6 is 0 Å². The fourth-order valence-corrected chi connectivity index (χ4v) is 2.51. The summed E-state index contributed by atoms with van der Waals surface area (Å²) < 4.78 is 0. The predicted molar refractivity (Wildman–Crippen MR) is 91.9 cm³/mol. The minimum atomic E-state index is 0.0432. The van der Waals surface area contributed by atoms with Crippen LogP contribution in [-0.2, 0) is 13.2 Å². The summed E-state index contributed by atoms with van der Waals surface area (Å²) >= 11 is 0. The lowest BCUT2D eigenvalue weighted by Crippen LogP contribution is -2.19. The van der Waals surface area contributed by atoms with E-state index in [4.69, 9.17) is 5.11 Å². The number of hydrogen-bond donors (Lipinski definition) is 1. The van der Waals surface area contributed by atoms with Gasteiger partial charge in [-0.3, -0.25) is 4.98 Å². The van der Waals surface area contributed by atoms with Gasteiger partial charge in [-0.25, -0.2) is 4.98 Å². The van der Waals surface area contributed by atoms with Crippen LogP contribution in [0, 0.1) is 0 Å². The highest BCUT2D eigenvalue weighted by molar-refractivity contribution is 5.71. The molecule has 4 nitrogen and oxygen atoms in total. The summed E-state index contributed by atoms with van der Waals surface area (Å²) in [5.74, 6) is 0.841. The van der Waals surface area contributed by atoms with Crippen molar-refractivity contribution in [2.24, 2.45) is 0 Å². The van der Waals surface area contributed by atoms with Gasteiger partial charge in [-0.2, -0.15) is 0 Å². The number of hydrogen-bond acceptors (Lipinski definition) is 4. The van der Waals surface area contributed by atoms with Crippen molar-refractivity contribution in [1.82, 2.24) is 9.97 Å². The van der Waals surface area contributed by atoms with Crippen LogP contribution < -0.4 is 4.90 Å². The van der Waals surface area contributed by atoms with Crippen LogP contribution in [0.4, 0.5) is 5.82 Å². The molecule has 4 heteroatoms. The Bertz CT molecular complexity index is 757. The SMILES string of the molecule is CN(Cc1ccccc1)c1nccnc1-c1ccc(CO)cc1. The first kappa shape index (κ1) is 15.2. The van der Waals surface area contributed by atoms with Crippen molar-refractivity contribution in [2.75, 3.05) is 11.9 Å². The molecular formula is C19H19N3O. The Morgan fingerprint density at radius 3 is 2.26 bits per heavy atom. The molecule has 3 aromatic rings. The average Bonchev–Trinajstić information content (AvgIpc) is 2.62. The van der Waals surface area contributed by atoms with Gasteiger partial charge in [0, 0.05) is 31.5 Å². The lowest BCUT2D eigenvalue weighted by molar-refractivity contribution is 0.282. The molecule has 0 aliphatic rings. The molecule has 3 rings (SSSR count). The van der Waals surface area contributed by atoms with Crippen LogP contribution in [0.1, 0.15) is 11.1 Å². The Balaban J connectivity index is 1.90. The van der Waals surface area contributed by atoms with Gasteiger partial charge < -0.3 is 10.0 Å². The zero-order chi connectivity index (χ0) is 16.1. The Hall–Kier alpha value is -2.72. The fraction of sp³-hybridized carbons (Fsp3) is 0.158. The molecule has 0 aliphatic carbocycles. The van der Waals surface area contributed by atoms with E-state index in [0.29, 0.717) is 0 Å². The molecule has 0 unspecified atom stereocenters. The second-order valence-corrected chi connectivity index (χ2v) is 5.43. The average molecular weight is 305 g/mol. The largest absolute Gasteiger partial charge is 0.392 e. The van der Waals surface area contributed by atoms with Crippen molar-refractivity contribution in [3.8, 4) is 11.3 Å². The lowest BCUT2D eigenvalue weighted by atomic mass is 10.1. The summed E-state index contributed by atoms with van der Waals surface area (Å²) in [6, 6.07) is 18.0. The van der Waals surface area contributed by atoms with E-state index in [1.807, 2.05) is 49.5 Å². The highest BCUT2D eigenvalue weighted by Crippen LogP contribution is 2.27. The molecule has 0 fully saturated rings. The number of nitrogens with zero attached hydrogens (tertiary/aromatic N) is 3. The van der Waals surface area contributed by atoms with E-state index >= 15 is 0 Å². The molecule has 1 aromatic heterocycles. The van der Waals surface area contributed by atoms with Crippen molar-refractivity contribution >= 4 is 5.82 Å². The first-order valence-corrected chi connectivity index (χ1v) is 7.54. The van der Waals surface area contributed by atoms with Crippen LogP contribution in [0.2, 0.25) is 0 Å². The zero-order valence-corrected chi connectivity index (χ0v) is 13.1. The number of rotatable bonds is 5. The molecule has 0 saturated carbocycles. The molecule has 0 saturated heterocycles. The van der Waals surface area contributed by atoms with Gasteiger partial charge in [0.2, 0.25) is 0 Å². The summed E-state index contributed by atoms with van der Waals surface area (Å²) in [6.07, 6.45) is 3.41. The second-order valence-electron chi connectivity index (χ2n) is 5.43. The van der Waals surface area contributed by atoms with Crippen LogP contribution in [0.15, 0.2) is 67.0 Å². The molecule has 1 N–H and O–H groups in total. The molecule has 23 heavy (non-hydrogen) atoms. The predicted octanol–water partition coefficient (Wildman–Crippen LogP) is 3.27. The van der Waals surface area contributed by atoms with E-state index in [-0.39, 0.29) is 6.61 Å². The van der Waals surface area contributed by atoms with Gasteiger partial charge in [0.1, 0.15) is 5.69 Å². The number of benzene rings is 2. The van der Waals surface area contributed by atoms with Gasteiger partial charge in [0.05, 0.1) is 6.61 Å². The van der Waals surface area contributed by atoms with Crippen LogP contribution in [-0.4, -0.2) is 22.1 Å². The monoisotopic (exact) mass is 305 g/mol. The molecule has 1 heterocycles. The summed E-state index contributed by atoms with van der Waals surface area (Å²) in [5, 5.41) is 9.17. The molecule has 0 atom stereocenters. The summed E-state index contributed by atoms with van der Waals surface area (Å²) in [6.45, 7) is 0.808. The van der Waals surface area contributed by atoms with Gasteiger partial charge in [-0.05, 0) is 11.1 Å². The highest BCUT2D eigenvalue weighted by Gasteiger charge is 2.12. The lowest BCUT2D eigenvalue weighted by Gasteiger charge is -2.20. The van der Waals surface area contributed by atoms with E-state index in [1.54, 1.807) is 12.4 Å². The standard InChI is InChI=1S/C19H19N3O/c1-22(13-15-5-3-2-4-6-15)19-18(20-11-12-21-19)17-9-7-16(14-23)8-10-17/h2-12,23H,13-14H2,1H3. The Morgan fingerprint density at radius 1 is 0.870 bits per heavy atom. The Morgan fingerprint density at radius 2 is 1.57 bits per heavy atom. The third-order valence-corrected chi connectivity index (χ3v) is 3.71. The van der Waals surface area contributed by atoms with Crippen molar-refractivity contribution in [1.29, 1.82) is 0 Å². The maximum absolute atomic E-state index is 9.17. The number of anilines is 1. The van der Waals surface area contributed by atoms with Gasteiger partial charge >= 0.3 is 0 Å². The molecule has 0 aliphatic heterocycles. The summed E-state index contributed by atoms with van der Waals surface area (Å²) in [4.78, 5) is 11.1. The first-order valence-electron chi connectivity index (χ1n) is 7.54. The van der Waals surface area contributed by atoms with E-state index in [1.165, 1.54) is 5.56 Å². The second kappa shape index (κ2) is 7.03. The van der Waals surface area contributed by atoms with Crippen molar-refractivity contribution in [3.63, 3.8) is 0 Å². The first-order chi connectivity index (χ1) is 11.3. The molecular weight excluding hydrogens is 286 g/mol. The van der Waals surface area contributed by atoms with Gasteiger partial charge in [-0.15, -0.1) is 0 Å². The number of aromatic nitrogens is 2. The quantitative estimate of drug-likeness (QED) is 0.786. The van der Waals surface area contributed by atoms with Gasteiger partial charge in [0.25, 0.3) is 0 Å². The molecule has 0 spiro atoms. The normalized spacial score (nSPS) is 10.5. The molecule has 0 amide bonds. The third-order valence-electron chi connectivity index (χ3n) is 3.71.